The molecule has 0 fully saturated rings. The van der Waals surface area contributed by atoms with Crippen molar-refractivity contribution in [1.82, 2.24) is 0 Å². The SMILES string of the molecule is CC.COc1cc(N)c(/C(=C\N)N2CCc3cc(OC)c(OC)cc32)cc1OC. The lowest BCUT2D eigenvalue weighted by molar-refractivity contribution is 0.355. The van der Waals surface area contributed by atoms with E-state index in [4.69, 9.17) is 30.4 Å². The predicted molar refractivity (Wildman–Crippen MR) is 118 cm³/mol. The Morgan fingerprint density at radius 1 is 0.862 bits per heavy atom. The first-order valence-electron chi connectivity index (χ1n) is 9.54. The fourth-order valence-corrected chi connectivity index (χ4v) is 3.41. The highest BCUT2D eigenvalue weighted by Gasteiger charge is 2.27. The lowest BCUT2D eigenvalue weighted by Crippen LogP contribution is -2.20. The van der Waals surface area contributed by atoms with E-state index in [-0.39, 0.29) is 0 Å². The van der Waals surface area contributed by atoms with E-state index in [2.05, 4.69) is 4.90 Å². The molecule has 2 aromatic rings. The molecule has 1 heterocycles. The number of hydrogen-bond donors (Lipinski definition) is 2. The quantitative estimate of drug-likeness (QED) is 0.714. The molecule has 0 amide bonds. The van der Waals surface area contributed by atoms with Gasteiger partial charge in [0.25, 0.3) is 0 Å². The molecule has 0 aliphatic carbocycles. The van der Waals surface area contributed by atoms with Gasteiger partial charge in [0.15, 0.2) is 23.0 Å². The average Bonchev–Trinajstić information content (AvgIpc) is 3.17. The first kappa shape index (κ1) is 22.1. The number of nitrogens with zero attached hydrogens (tertiary/aromatic N) is 1. The fourth-order valence-electron chi connectivity index (χ4n) is 3.41. The highest BCUT2D eigenvalue weighted by atomic mass is 16.5. The van der Waals surface area contributed by atoms with Crippen molar-refractivity contribution in [3.05, 3.63) is 41.6 Å². The van der Waals surface area contributed by atoms with Crippen LogP contribution in [0.5, 0.6) is 23.0 Å². The molecule has 2 aromatic carbocycles. The van der Waals surface area contributed by atoms with Gasteiger partial charge < -0.3 is 35.3 Å². The molecule has 3 rings (SSSR count). The summed E-state index contributed by atoms with van der Waals surface area (Å²) in [5.74, 6) is 2.54. The fraction of sp³-hybridized carbons (Fsp3) is 0.364. The predicted octanol–water partition coefficient (Wildman–Crippen LogP) is 3.65. The summed E-state index contributed by atoms with van der Waals surface area (Å²) in [4.78, 5) is 2.12. The molecule has 0 bridgehead atoms. The number of nitrogens with two attached hydrogens (primary N) is 2. The van der Waals surface area contributed by atoms with Crippen molar-refractivity contribution in [1.29, 1.82) is 0 Å². The van der Waals surface area contributed by atoms with Gasteiger partial charge in [0.2, 0.25) is 0 Å². The van der Waals surface area contributed by atoms with Gasteiger partial charge in [0.05, 0.1) is 34.1 Å². The maximum Gasteiger partial charge on any atom is 0.162 e. The zero-order valence-electron chi connectivity index (χ0n) is 18.0. The van der Waals surface area contributed by atoms with E-state index in [1.54, 1.807) is 40.7 Å². The van der Waals surface area contributed by atoms with E-state index in [0.717, 1.165) is 35.5 Å². The second-order valence-corrected chi connectivity index (χ2v) is 6.08. The highest BCUT2D eigenvalue weighted by molar-refractivity contribution is 5.88. The van der Waals surface area contributed by atoms with E-state index >= 15 is 0 Å². The maximum atomic E-state index is 6.28. The van der Waals surface area contributed by atoms with Crippen LogP contribution in [0.1, 0.15) is 25.0 Å². The minimum absolute atomic E-state index is 0.554. The van der Waals surface area contributed by atoms with Gasteiger partial charge in [-0.1, -0.05) is 13.8 Å². The molecular weight excluding hydrogens is 370 g/mol. The number of fused-ring (bicyclic) bond motifs is 1. The number of benzene rings is 2. The first-order valence-corrected chi connectivity index (χ1v) is 9.54. The monoisotopic (exact) mass is 401 g/mol. The van der Waals surface area contributed by atoms with Crippen LogP contribution in [0.25, 0.3) is 5.70 Å². The topological polar surface area (TPSA) is 92.2 Å². The van der Waals surface area contributed by atoms with E-state index in [1.807, 2.05) is 32.0 Å². The molecule has 1 aliphatic heterocycles. The number of ether oxygens (including phenoxy) is 4. The number of methoxy groups -OCH3 is 4. The van der Waals surface area contributed by atoms with Crippen LogP contribution >= 0.6 is 0 Å². The normalized spacial score (nSPS) is 12.6. The van der Waals surface area contributed by atoms with Crippen molar-refractivity contribution in [2.24, 2.45) is 5.73 Å². The lowest BCUT2D eigenvalue weighted by Gasteiger charge is -2.25. The van der Waals surface area contributed by atoms with Crippen LogP contribution in [0.3, 0.4) is 0 Å². The van der Waals surface area contributed by atoms with Crippen LogP contribution in [0.15, 0.2) is 30.5 Å². The van der Waals surface area contributed by atoms with Gasteiger partial charge >= 0.3 is 0 Å². The largest absolute Gasteiger partial charge is 0.493 e. The lowest BCUT2D eigenvalue weighted by atomic mass is 10.1. The Kier molecular flexibility index (Phi) is 7.47. The zero-order chi connectivity index (χ0) is 21.6. The van der Waals surface area contributed by atoms with Gasteiger partial charge in [-0.15, -0.1) is 0 Å². The average molecular weight is 402 g/mol. The summed E-state index contributed by atoms with van der Waals surface area (Å²) < 4.78 is 21.6. The summed E-state index contributed by atoms with van der Waals surface area (Å²) in [5.41, 5.74) is 16.6. The van der Waals surface area contributed by atoms with Crippen LogP contribution in [-0.4, -0.2) is 35.0 Å². The second-order valence-electron chi connectivity index (χ2n) is 6.08. The molecule has 0 aromatic heterocycles. The molecule has 29 heavy (non-hydrogen) atoms. The van der Waals surface area contributed by atoms with Crippen LogP contribution in [0.2, 0.25) is 0 Å². The number of hydrogen-bond acceptors (Lipinski definition) is 7. The van der Waals surface area contributed by atoms with Crippen molar-refractivity contribution in [3.63, 3.8) is 0 Å². The summed E-state index contributed by atoms with van der Waals surface area (Å²) >= 11 is 0. The molecule has 0 radical (unpaired) electrons. The summed E-state index contributed by atoms with van der Waals surface area (Å²) in [6, 6.07) is 7.54. The van der Waals surface area contributed by atoms with Gasteiger partial charge in [0, 0.05) is 41.8 Å². The Labute approximate surface area is 172 Å². The van der Waals surface area contributed by atoms with Crippen LogP contribution in [0, 0.1) is 0 Å². The summed E-state index contributed by atoms with van der Waals surface area (Å²) in [7, 11) is 6.42. The Balaban J connectivity index is 0.00000145. The van der Waals surface area contributed by atoms with Crippen molar-refractivity contribution >= 4 is 17.1 Å². The smallest absolute Gasteiger partial charge is 0.162 e. The molecule has 7 nitrogen and oxygen atoms in total. The Bertz CT molecular complexity index is 881. The van der Waals surface area contributed by atoms with Gasteiger partial charge in [-0.05, 0) is 24.1 Å². The van der Waals surface area contributed by atoms with Crippen LogP contribution in [-0.2, 0) is 6.42 Å². The van der Waals surface area contributed by atoms with E-state index in [9.17, 15) is 0 Å². The van der Waals surface area contributed by atoms with E-state index in [0.29, 0.717) is 28.7 Å². The van der Waals surface area contributed by atoms with E-state index < -0.39 is 0 Å². The van der Waals surface area contributed by atoms with E-state index in [1.165, 1.54) is 0 Å². The number of anilines is 2. The zero-order valence-corrected chi connectivity index (χ0v) is 18.0. The van der Waals surface area contributed by atoms with Crippen molar-refractivity contribution in [2.75, 3.05) is 45.6 Å². The molecule has 4 N–H and O–H groups in total. The summed E-state index contributed by atoms with van der Waals surface area (Å²) in [6.07, 6.45) is 2.42. The van der Waals surface area contributed by atoms with Gasteiger partial charge in [-0.2, -0.15) is 0 Å². The molecule has 0 saturated carbocycles. The van der Waals surface area contributed by atoms with Gasteiger partial charge in [-0.25, -0.2) is 0 Å². The molecule has 0 saturated heterocycles. The Morgan fingerprint density at radius 3 is 1.93 bits per heavy atom. The third-order valence-electron chi connectivity index (χ3n) is 4.76. The van der Waals surface area contributed by atoms with Crippen LogP contribution < -0.4 is 35.3 Å². The molecule has 158 valence electrons. The molecule has 7 heteroatoms. The second kappa shape index (κ2) is 9.82. The van der Waals surface area contributed by atoms with Crippen molar-refractivity contribution in [2.45, 2.75) is 20.3 Å². The molecule has 0 atom stereocenters. The maximum absolute atomic E-state index is 6.28. The molecule has 1 aliphatic rings. The Hall–Kier alpha value is -3.22. The highest BCUT2D eigenvalue weighted by Crippen LogP contribution is 2.43. The molecular formula is C22H31N3O4. The molecule has 0 unspecified atom stereocenters. The summed E-state index contributed by atoms with van der Waals surface area (Å²) in [5, 5.41) is 0. The van der Waals surface area contributed by atoms with Crippen LogP contribution in [0.4, 0.5) is 11.4 Å². The van der Waals surface area contributed by atoms with Gasteiger partial charge in [-0.3, -0.25) is 0 Å². The summed E-state index contributed by atoms with van der Waals surface area (Å²) in [6.45, 7) is 4.77. The number of nitrogen functional groups attached to an aromatic ring is 1. The third-order valence-corrected chi connectivity index (χ3v) is 4.76. The minimum Gasteiger partial charge on any atom is -0.493 e. The molecule has 0 spiro atoms. The minimum atomic E-state index is 0.554. The van der Waals surface area contributed by atoms with Gasteiger partial charge in [0.1, 0.15) is 0 Å². The van der Waals surface area contributed by atoms with Crippen molar-refractivity contribution < 1.29 is 18.9 Å². The third kappa shape index (κ3) is 4.13. The first-order chi connectivity index (χ1) is 14.1. The van der Waals surface area contributed by atoms with Crippen molar-refractivity contribution in [3.8, 4) is 23.0 Å². The standard InChI is InChI=1S/C20H25N3O4.C2H6/c1-24-17-7-12-5-6-23(15(12)10-20(17)27-4)16(11-21)13-8-18(25-2)19(26-3)9-14(13)22;1-2/h7-11H,5-6,21-22H2,1-4H3;1-2H3/b16-11+;. The Morgan fingerprint density at radius 2 is 1.38 bits per heavy atom. The number of rotatable bonds is 6.